The quantitative estimate of drug-likeness (QED) is 0.757. The minimum Gasteiger partial charge on any atom is -0.325 e. The van der Waals surface area contributed by atoms with Crippen LogP contribution in [0, 0.1) is 32.1 Å². The number of hydrogen-bond donors (Lipinski definition) is 1. The molecule has 0 saturated carbocycles. The molecule has 24 heavy (non-hydrogen) atoms. The van der Waals surface area contributed by atoms with Gasteiger partial charge < -0.3 is 4.98 Å². The summed E-state index contributed by atoms with van der Waals surface area (Å²) in [6.45, 7) is 5.99. The second-order valence-electron chi connectivity index (χ2n) is 6.03. The van der Waals surface area contributed by atoms with Crippen molar-refractivity contribution in [1.29, 1.82) is 5.26 Å². The molecule has 0 radical (unpaired) electrons. The maximum atomic E-state index is 12.1. The van der Waals surface area contributed by atoms with E-state index in [0.29, 0.717) is 5.56 Å². The van der Waals surface area contributed by atoms with Crippen molar-refractivity contribution < 1.29 is 0 Å². The molecule has 0 aliphatic carbocycles. The first kappa shape index (κ1) is 15.8. The Morgan fingerprint density at radius 1 is 0.875 bits per heavy atom. The van der Waals surface area contributed by atoms with Crippen molar-refractivity contribution in [2.75, 3.05) is 0 Å². The number of aromatic amines is 1. The molecule has 3 nitrogen and oxygen atoms in total. The van der Waals surface area contributed by atoms with Crippen LogP contribution in [0.3, 0.4) is 0 Å². The Bertz CT molecular complexity index is 1020. The average molecular weight is 314 g/mol. The number of aryl methyl sites for hydroxylation is 3. The SMILES string of the molecule is Cc1cc(-c2ccccc2-c2ccc(C)c(C)c2)c(C#N)c(=O)[nH]1. The zero-order chi connectivity index (χ0) is 17.3. The van der Waals surface area contributed by atoms with E-state index < -0.39 is 0 Å². The first-order valence-electron chi connectivity index (χ1n) is 7.82. The van der Waals surface area contributed by atoms with Gasteiger partial charge in [-0.1, -0.05) is 42.5 Å². The second-order valence-corrected chi connectivity index (χ2v) is 6.03. The molecule has 1 aromatic heterocycles. The van der Waals surface area contributed by atoms with Gasteiger partial charge >= 0.3 is 0 Å². The monoisotopic (exact) mass is 314 g/mol. The largest absolute Gasteiger partial charge is 0.325 e. The fraction of sp³-hybridized carbons (Fsp3) is 0.143. The summed E-state index contributed by atoms with van der Waals surface area (Å²) in [7, 11) is 0. The van der Waals surface area contributed by atoms with Gasteiger partial charge in [0.2, 0.25) is 0 Å². The number of H-pyrrole nitrogens is 1. The molecule has 3 rings (SSSR count). The van der Waals surface area contributed by atoms with Gasteiger partial charge in [0.25, 0.3) is 5.56 Å². The van der Waals surface area contributed by atoms with E-state index in [9.17, 15) is 10.1 Å². The van der Waals surface area contributed by atoms with Crippen LogP contribution in [0.2, 0.25) is 0 Å². The van der Waals surface area contributed by atoms with Gasteiger partial charge in [-0.05, 0) is 54.7 Å². The summed E-state index contributed by atoms with van der Waals surface area (Å²) in [5.41, 5.74) is 6.66. The number of benzene rings is 2. The lowest BCUT2D eigenvalue weighted by molar-refractivity contribution is 1.13. The predicted molar refractivity (Wildman–Crippen MR) is 96.9 cm³/mol. The Labute approximate surface area is 141 Å². The number of nitriles is 1. The van der Waals surface area contributed by atoms with Crippen molar-refractivity contribution in [3.63, 3.8) is 0 Å². The van der Waals surface area contributed by atoms with E-state index in [2.05, 4.69) is 37.0 Å². The first-order valence-corrected chi connectivity index (χ1v) is 7.82. The van der Waals surface area contributed by atoms with Gasteiger partial charge in [0.1, 0.15) is 11.6 Å². The van der Waals surface area contributed by atoms with Crippen LogP contribution in [-0.4, -0.2) is 4.98 Å². The maximum Gasteiger partial charge on any atom is 0.266 e. The molecule has 3 heteroatoms. The average Bonchev–Trinajstić information content (AvgIpc) is 2.57. The number of nitrogens with zero attached hydrogens (tertiary/aromatic N) is 1. The van der Waals surface area contributed by atoms with E-state index in [1.165, 1.54) is 11.1 Å². The lowest BCUT2D eigenvalue weighted by Gasteiger charge is -2.13. The molecule has 2 aromatic carbocycles. The first-order chi connectivity index (χ1) is 11.5. The number of pyridine rings is 1. The lowest BCUT2D eigenvalue weighted by atomic mass is 9.91. The summed E-state index contributed by atoms with van der Waals surface area (Å²) < 4.78 is 0. The van der Waals surface area contributed by atoms with Crippen molar-refractivity contribution in [2.24, 2.45) is 0 Å². The van der Waals surface area contributed by atoms with Crippen LogP contribution in [0.1, 0.15) is 22.4 Å². The normalized spacial score (nSPS) is 10.4. The zero-order valence-corrected chi connectivity index (χ0v) is 14.0. The summed E-state index contributed by atoms with van der Waals surface area (Å²) in [4.78, 5) is 14.8. The van der Waals surface area contributed by atoms with Crippen LogP contribution >= 0.6 is 0 Å². The maximum absolute atomic E-state index is 12.1. The summed E-state index contributed by atoms with van der Waals surface area (Å²) in [5, 5.41) is 9.42. The third-order valence-electron chi connectivity index (χ3n) is 4.31. The van der Waals surface area contributed by atoms with Crippen molar-refractivity contribution in [1.82, 2.24) is 4.98 Å². The van der Waals surface area contributed by atoms with E-state index in [4.69, 9.17) is 0 Å². The molecule has 0 spiro atoms. The van der Waals surface area contributed by atoms with Crippen molar-refractivity contribution in [3.05, 3.63) is 81.3 Å². The third-order valence-corrected chi connectivity index (χ3v) is 4.31. The van der Waals surface area contributed by atoms with Gasteiger partial charge in [-0.2, -0.15) is 5.26 Å². The lowest BCUT2D eigenvalue weighted by Crippen LogP contribution is -2.12. The topological polar surface area (TPSA) is 56.6 Å². The molecule has 118 valence electrons. The Hall–Kier alpha value is -3.12. The Morgan fingerprint density at radius 3 is 2.25 bits per heavy atom. The molecule has 1 heterocycles. The molecule has 3 aromatic rings. The predicted octanol–water partition coefficient (Wildman–Crippen LogP) is 4.51. The smallest absolute Gasteiger partial charge is 0.266 e. The molecular formula is C21H18N2O. The fourth-order valence-electron chi connectivity index (χ4n) is 2.89. The summed E-state index contributed by atoms with van der Waals surface area (Å²) in [6, 6.07) is 18.1. The molecule has 0 aliphatic heterocycles. The molecule has 0 unspecified atom stereocenters. The number of nitrogens with one attached hydrogen (secondary N) is 1. The van der Waals surface area contributed by atoms with Crippen LogP contribution in [0.15, 0.2) is 53.3 Å². The van der Waals surface area contributed by atoms with E-state index in [1.54, 1.807) is 0 Å². The van der Waals surface area contributed by atoms with Crippen LogP contribution in [0.4, 0.5) is 0 Å². The molecule has 0 saturated heterocycles. The molecule has 0 atom stereocenters. The number of hydrogen-bond acceptors (Lipinski definition) is 2. The van der Waals surface area contributed by atoms with Crippen molar-refractivity contribution in [2.45, 2.75) is 20.8 Å². The summed E-state index contributed by atoms with van der Waals surface area (Å²) in [6.07, 6.45) is 0. The molecular weight excluding hydrogens is 296 g/mol. The van der Waals surface area contributed by atoms with Gasteiger partial charge in [-0.15, -0.1) is 0 Å². The van der Waals surface area contributed by atoms with E-state index in [-0.39, 0.29) is 11.1 Å². The highest BCUT2D eigenvalue weighted by atomic mass is 16.1. The Morgan fingerprint density at radius 2 is 1.58 bits per heavy atom. The second kappa shape index (κ2) is 6.17. The van der Waals surface area contributed by atoms with Crippen molar-refractivity contribution in [3.8, 4) is 28.3 Å². The molecule has 0 bridgehead atoms. The van der Waals surface area contributed by atoms with Gasteiger partial charge in [0.05, 0.1) is 0 Å². The van der Waals surface area contributed by atoms with E-state index >= 15 is 0 Å². The highest BCUT2D eigenvalue weighted by Crippen LogP contribution is 2.33. The number of aromatic nitrogens is 1. The Balaban J connectivity index is 2.31. The van der Waals surface area contributed by atoms with Gasteiger partial charge in [-0.3, -0.25) is 4.79 Å². The molecule has 1 N–H and O–H groups in total. The zero-order valence-electron chi connectivity index (χ0n) is 14.0. The standard InChI is InChI=1S/C21H18N2O/c1-13-8-9-16(10-14(13)2)17-6-4-5-7-18(17)19-11-15(3)23-21(24)20(19)12-22/h4-11H,1-3H3,(H,23,24). The highest BCUT2D eigenvalue weighted by Gasteiger charge is 2.14. The van der Waals surface area contributed by atoms with E-state index in [1.807, 2.05) is 43.3 Å². The minimum absolute atomic E-state index is 0.150. The summed E-state index contributed by atoms with van der Waals surface area (Å²) in [5.74, 6) is 0. The van der Waals surface area contributed by atoms with Crippen LogP contribution in [0.5, 0.6) is 0 Å². The minimum atomic E-state index is -0.345. The van der Waals surface area contributed by atoms with Crippen LogP contribution in [0.25, 0.3) is 22.3 Å². The molecule has 0 aliphatic rings. The van der Waals surface area contributed by atoms with E-state index in [0.717, 1.165) is 22.4 Å². The van der Waals surface area contributed by atoms with Crippen LogP contribution in [-0.2, 0) is 0 Å². The molecule has 0 fully saturated rings. The Kier molecular flexibility index (Phi) is 4.05. The number of rotatable bonds is 2. The summed E-state index contributed by atoms with van der Waals surface area (Å²) >= 11 is 0. The van der Waals surface area contributed by atoms with Gasteiger partial charge in [-0.25, -0.2) is 0 Å². The van der Waals surface area contributed by atoms with Gasteiger partial charge in [0, 0.05) is 11.3 Å². The van der Waals surface area contributed by atoms with Crippen LogP contribution < -0.4 is 5.56 Å². The van der Waals surface area contributed by atoms with Crippen molar-refractivity contribution >= 4 is 0 Å². The van der Waals surface area contributed by atoms with Gasteiger partial charge in [0.15, 0.2) is 0 Å². The molecule has 0 amide bonds. The fourth-order valence-corrected chi connectivity index (χ4v) is 2.89. The highest BCUT2D eigenvalue weighted by molar-refractivity contribution is 5.86. The third kappa shape index (κ3) is 2.75.